The summed E-state index contributed by atoms with van der Waals surface area (Å²) >= 11 is 0. The zero-order valence-electron chi connectivity index (χ0n) is 18.5. The summed E-state index contributed by atoms with van der Waals surface area (Å²) in [5, 5.41) is 2.95. The second-order valence-electron chi connectivity index (χ2n) is 7.84. The second kappa shape index (κ2) is 9.75. The van der Waals surface area contributed by atoms with Gasteiger partial charge in [0, 0.05) is 18.7 Å². The fourth-order valence-electron chi connectivity index (χ4n) is 3.69. The molecule has 2 aromatic carbocycles. The van der Waals surface area contributed by atoms with E-state index in [-0.39, 0.29) is 23.8 Å². The van der Waals surface area contributed by atoms with Gasteiger partial charge in [0.2, 0.25) is 0 Å². The number of hydrogen-bond acceptors (Lipinski definition) is 5. The number of benzene rings is 2. The van der Waals surface area contributed by atoms with Crippen molar-refractivity contribution in [3.63, 3.8) is 0 Å². The average Bonchev–Trinajstić information content (AvgIpc) is 3.01. The number of fused-ring (bicyclic) bond motifs is 1. The van der Waals surface area contributed by atoms with Crippen LogP contribution in [0.5, 0.6) is 5.75 Å². The highest BCUT2D eigenvalue weighted by Crippen LogP contribution is 2.25. The number of hydrogen-bond donors (Lipinski definition) is 1. The van der Waals surface area contributed by atoms with E-state index in [1.807, 2.05) is 50.2 Å². The summed E-state index contributed by atoms with van der Waals surface area (Å²) in [5.74, 6) is -0.147. The Morgan fingerprint density at radius 3 is 2.52 bits per heavy atom. The summed E-state index contributed by atoms with van der Waals surface area (Å²) in [6.45, 7) is 2.79. The molecule has 1 N–H and O–H groups in total. The lowest BCUT2D eigenvalue weighted by molar-refractivity contribution is 0.0652. The van der Waals surface area contributed by atoms with Crippen molar-refractivity contribution < 1.29 is 19.1 Å². The van der Waals surface area contributed by atoms with Crippen LogP contribution in [0.2, 0.25) is 0 Å². The van der Waals surface area contributed by atoms with Crippen molar-refractivity contribution in [2.75, 3.05) is 34.3 Å². The molecule has 3 amide bonds. The number of unbranched alkanes of at least 4 members (excludes halogenated alkanes) is 1. The number of nitrogens with zero attached hydrogens (tertiary/aromatic N) is 2. The van der Waals surface area contributed by atoms with Crippen molar-refractivity contribution in [1.29, 1.82) is 0 Å². The predicted octanol–water partition coefficient (Wildman–Crippen LogP) is 3.12. The lowest BCUT2D eigenvalue weighted by Crippen LogP contribution is -2.34. The standard InChI is InChI=1S/C24H29N3O4/c1-5-6-12-27-23(29)19-11-10-17(14-20(19)24(27)30)22(28)25-15-21(26(2)3)16-8-7-9-18(13-16)31-4/h7-11,13-14,21H,5-6,12,15H2,1-4H3,(H,25,28)/t21-/m0/s1. The van der Waals surface area contributed by atoms with E-state index in [2.05, 4.69) is 5.32 Å². The molecule has 7 nitrogen and oxygen atoms in total. The molecule has 0 fully saturated rings. The number of carbonyl (C=O) groups excluding carboxylic acids is 3. The van der Waals surface area contributed by atoms with E-state index >= 15 is 0 Å². The lowest BCUT2D eigenvalue weighted by Gasteiger charge is -2.25. The molecule has 0 radical (unpaired) electrons. The van der Waals surface area contributed by atoms with Gasteiger partial charge in [0.05, 0.1) is 24.3 Å². The minimum atomic E-state index is -0.328. The summed E-state index contributed by atoms with van der Waals surface area (Å²) in [4.78, 5) is 41.2. The third-order valence-corrected chi connectivity index (χ3v) is 5.53. The molecule has 0 bridgehead atoms. The fourth-order valence-corrected chi connectivity index (χ4v) is 3.69. The molecule has 0 saturated carbocycles. The molecule has 164 valence electrons. The van der Waals surface area contributed by atoms with Crippen molar-refractivity contribution in [3.8, 4) is 5.75 Å². The van der Waals surface area contributed by atoms with E-state index in [0.29, 0.717) is 29.8 Å². The lowest BCUT2D eigenvalue weighted by atomic mass is 10.0. The molecule has 1 heterocycles. The first kappa shape index (κ1) is 22.5. The zero-order valence-corrected chi connectivity index (χ0v) is 18.5. The first-order chi connectivity index (χ1) is 14.9. The maximum Gasteiger partial charge on any atom is 0.261 e. The van der Waals surface area contributed by atoms with Crippen molar-refractivity contribution in [2.45, 2.75) is 25.8 Å². The molecular formula is C24H29N3O4. The molecule has 0 unspecified atom stereocenters. The van der Waals surface area contributed by atoms with Gasteiger partial charge in [-0.2, -0.15) is 0 Å². The molecule has 0 aliphatic carbocycles. The maximum absolute atomic E-state index is 12.8. The average molecular weight is 424 g/mol. The van der Waals surface area contributed by atoms with Crippen LogP contribution in [0.1, 0.15) is 62.4 Å². The van der Waals surface area contributed by atoms with Gasteiger partial charge in [-0.15, -0.1) is 0 Å². The van der Waals surface area contributed by atoms with Crippen LogP contribution in [0.4, 0.5) is 0 Å². The Morgan fingerprint density at radius 2 is 1.84 bits per heavy atom. The van der Waals surface area contributed by atoms with Gasteiger partial charge in [-0.05, 0) is 56.4 Å². The Kier molecular flexibility index (Phi) is 7.07. The van der Waals surface area contributed by atoms with Gasteiger partial charge in [0.25, 0.3) is 17.7 Å². The van der Waals surface area contributed by atoms with E-state index in [1.165, 1.54) is 11.0 Å². The number of likely N-dealkylation sites (N-methyl/N-ethyl adjacent to an activating group) is 1. The summed E-state index contributed by atoms with van der Waals surface area (Å²) in [6.07, 6.45) is 1.65. The molecule has 1 atom stereocenters. The van der Waals surface area contributed by atoms with E-state index in [0.717, 1.165) is 24.2 Å². The van der Waals surface area contributed by atoms with Gasteiger partial charge in [-0.3, -0.25) is 19.3 Å². The van der Waals surface area contributed by atoms with Gasteiger partial charge >= 0.3 is 0 Å². The van der Waals surface area contributed by atoms with Gasteiger partial charge < -0.3 is 15.0 Å². The first-order valence-electron chi connectivity index (χ1n) is 10.5. The Hall–Kier alpha value is -3.19. The van der Waals surface area contributed by atoms with Crippen LogP contribution in [-0.2, 0) is 0 Å². The third kappa shape index (κ3) is 4.77. The van der Waals surface area contributed by atoms with Gasteiger partial charge in [-0.1, -0.05) is 25.5 Å². The monoisotopic (exact) mass is 423 g/mol. The van der Waals surface area contributed by atoms with Crippen molar-refractivity contribution in [1.82, 2.24) is 15.1 Å². The minimum absolute atomic E-state index is 0.0544. The van der Waals surface area contributed by atoms with Gasteiger partial charge in [-0.25, -0.2) is 0 Å². The highest BCUT2D eigenvalue weighted by atomic mass is 16.5. The highest BCUT2D eigenvalue weighted by molar-refractivity contribution is 6.22. The Morgan fingerprint density at radius 1 is 1.10 bits per heavy atom. The van der Waals surface area contributed by atoms with Crippen LogP contribution in [0.3, 0.4) is 0 Å². The normalized spacial score (nSPS) is 14.0. The molecule has 1 aliphatic rings. The maximum atomic E-state index is 12.8. The topological polar surface area (TPSA) is 79.0 Å². The summed E-state index contributed by atoms with van der Waals surface area (Å²) in [6, 6.07) is 12.4. The van der Waals surface area contributed by atoms with Crippen LogP contribution in [0.25, 0.3) is 0 Å². The molecule has 1 aliphatic heterocycles. The van der Waals surface area contributed by atoms with E-state index in [4.69, 9.17) is 4.74 Å². The molecule has 3 rings (SSSR count). The number of ether oxygens (including phenoxy) is 1. The first-order valence-corrected chi connectivity index (χ1v) is 10.5. The van der Waals surface area contributed by atoms with E-state index in [1.54, 1.807) is 19.2 Å². The fraction of sp³-hybridized carbons (Fsp3) is 0.375. The van der Waals surface area contributed by atoms with Crippen molar-refractivity contribution >= 4 is 17.7 Å². The molecule has 0 aromatic heterocycles. The number of nitrogens with one attached hydrogen (secondary N) is 1. The molecule has 2 aromatic rings. The molecule has 0 saturated heterocycles. The number of imide groups is 1. The summed E-state index contributed by atoms with van der Waals surface area (Å²) in [5.41, 5.74) is 2.04. The number of amides is 3. The molecule has 0 spiro atoms. The molecular weight excluding hydrogens is 394 g/mol. The van der Waals surface area contributed by atoms with Crippen LogP contribution >= 0.6 is 0 Å². The van der Waals surface area contributed by atoms with Gasteiger partial charge in [0.15, 0.2) is 0 Å². The van der Waals surface area contributed by atoms with Crippen LogP contribution in [-0.4, -0.2) is 61.8 Å². The van der Waals surface area contributed by atoms with Gasteiger partial charge in [0.1, 0.15) is 5.75 Å². The molecule has 31 heavy (non-hydrogen) atoms. The van der Waals surface area contributed by atoms with Crippen LogP contribution in [0.15, 0.2) is 42.5 Å². The summed E-state index contributed by atoms with van der Waals surface area (Å²) in [7, 11) is 5.51. The predicted molar refractivity (Wildman–Crippen MR) is 118 cm³/mol. The van der Waals surface area contributed by atoms with E-state index < -0.39 is 0 Å². The largest absolute Gasteiger partial charge is 0.497 e. The van der Waals surface area contributed by atoms with Crippen molar-refractivity contribution in [2.24, 2.45) is 0 Å². The minimum Gasteiger partial charge on any atom is -0.497 e. The summed E-state index contributed by atoms with van der Waals surface area (Å²) < 4.78 is 5.30. The smallest absolute Gasteiger partial charge is 0.261 e. The van der Waals surface area contributed by atoms with E-state index in [9.17, 15) is 14.4 Å². The number of rotatable bonds is 9. The zero-order chi connectivity index (χ0) is 22.5. The molecule has 7 heteroatoms. The highest BCUT2D eigenvalue weighted by Gasteiger charge is 2.35. The Bertz CT molecular complexity index is 987. The number of methoxy groups -OCH3 is 1. The Labute approximate surface area is 183 Å². The quantitative estimate of drug-likeness (QED) is 0.627. The second-order valence-corrected chi connectivity index (χ2v) is 7.84. The third-order valence-electron chi connectivity index (χ3n) is 5.53. The Balaban J connectivity index is 1.73. The van der Waals surface area contributed by atoms with Crippen molar-refractivity contribution in [3.05, 3.63) is 64.7 Å². The van der Waals surface area contributed by atoms with Crippen LogP contribution in [0, 0.1) is 0 Å². The van der Waals surface area contributed by atoms with Crippen LogP contribution < -0.4 is 10.1 Å². The SMILES string of the molecule is CCCCN1C(=O)c2ccc(C(=O)NC[C@@H](c3cccc(OC)c3)N(C)C)cc2C1=O. The number of carbonyl (C=O) groups is 3.